The summed E-state index contributed by atoms with van der Waals surface area (Å²) < 4.78 is 25.7. The topological polar surface area (TPSA) is 76.7 Å². The number of hydrogen-bond donors (Lipinski definition) is 1. The number of nitrogens with one attached hydrogen (secondary N) is 1. The molecule has 0 unspecified atom stereocenters. The van der Waals surface area contributed by atoms with Crippen molar-refractivity contribution in [2.24, 2.45) is 4.99 Å². The predicted octanol–water partition coefficient (Wildman–Crippen LogP) is 5.42. The molecular weight excluding hydrogens is 421 g/mol. The fourth-order valence-corrected chi connectivity index (χ4v) is 3.19. The van der Waals surface area contributed by atoms with E-state index >= 15 is 0 Å². The van der Waals surface area contributed by atoms with Crippen molar-refractivity contribution in [3.8, 4) is 5.75 Å². The highest BCUT2D eigenvalue weighted by Crippen LogP contribution is 2.27. The van der Waals surface area contributed by atoms with Crippen molar-refractivity contribution in [2.45, 2.75) is 6.92 Å². The molecule has 2 aromatic carbocycles. The summed E-state index contributed by atoms with van der Waals surface area (Å²) in [7, 11) is 1.50. The normalized spacial score (nSPS) is 11.5. The lowest BCUT2D eigenvalue weighted by molar-refractivity contribution is 0.102. The van der Waals surface area contributed by atoms with Crippen molar-refractivity contribution in [3.63, 3.8) is 0 Å². The zero-order valence-electron chi connectivity index (χ0n) is 16.6. The summed E-state index contributed by atoms with van der Waals surface area (Å²) in [6.45, 7) is 1.82. The van der Waals surface area contributed by atoms with Crippen molar-refractivity contribution in [1.29, 1.82) is 0 Å². The lowest BCUT2D eigenvalue weighted by Crippen LogP contribution is -2.22. The van der Waals surface area contributed by atoms with Gasteiger partial charge in [0.25, 0.3) is 5.91 Å². The summed E-state index contributed by atoms with van der Waals surface area (Å²) in [5.74, 6) is -0.401. The Morgan fingerprint density at radius 2 is 1.94 bits per heavy atom. The summed E-state index contributed by atoms with van der Waals surface area (Å²) >= 11 is 5.87. The van der Waals surface area contributed by atoms with Crippen LogP contribution in [-0.2, 0) is 0 Å². The number of nitrogens with zero attached hydrogens (tertiary/aromatic N) is 2. The number of methoxy groups -OCH3 is 1. The fourth-order valence-electron chi connectivity index (χ4n) is 3.02. The molecule has 0 radical (unpaired) electrons. The van der Waals surface area contributed by atoms with Crippen LogP contribution in [0, 0.1) is 12.7 Å². The summed E-state index contributed by atoms with van der Waals surface area (Å²) in [5.41, 5.74) is 1.06. The highest BCUT2D eigenvalue weighted by molar-refractivity contribution is 6.31. The molecule has 0 atom stereocenters. The molecule has 0 aliphatic heterocycles. The molecule has 0 saturated carbocycles. The number of hydrogen-bond acceptors (Lipinski definition) is 5. The first kappa shape index (κ1) is 20.6. The smallest absolute Gasteiger partial charge is 0.262 e. The third-order valence-electron chi connectivity index (χ3n) is 4.49. The van der Waals surface area contributed by atoms with Crippen LogP contribution in [0.2, 0.25) is 5.02 Å². The summed E-state index contributed by atoms with van der Waals surface area (Å²) in [4.78, 5) is 21.6. The molecule has 0 saturated heterocycles. The van der Waals surface area contributed by atoms with E-state index in [0.29, 0.717) is 22.5 Å². The third-order valence-corrected chi connectivity index (χ3v) is 4.78. The largest absolute Gasteiger partial charge is 0.493 e. The van der Waals surface area contributed by atoms with E-state index in [1.54, 1.807) is 42.5 Å². The van der Waals surface area contributed by atoms with E-state index < -0.39 is 11.7 Å². The molecule has 2 aromatic heterocycles. The van der Waals surface area contributed by atoms with E-state index in [0.717, 1.165) is 5.69 Å². The van der Waals surface area contributed by atoms with Gasteiger partial charge in [-0.1, -0.05) is 35.9 Å². The maximum atomic E-state index is 14.5. The Labute approximate surface area is 182 Å². The van der Waals surface area contributed by atoms with Gasteiger partial charge in [0.15, 0.2) is 17.1 Å². The third kappa shape index (κ3) is 4.27. The Hall–Kier alpha value is -3.71. The van der Waals surface area contributed by atoms with Crippen LogP contribution in [0.5, 0.6) is 5.75 Å². The quantitative estimate of drug-likeness (QED) is 0.462. The first-order valence-electron chi connectivity index (χ1n) is 9.31. The van der Waals surface area contributed by atoms with Crippen LogP contribution < -0.4 is 15.6 Å². The van der Waals surface area contributed by atoms with Crippen LogP contribution in [0.1, 0.15) is 16.1 Å². The Kier molecular flexibility index (Phi) is 5.68. The molecule has 0 spiro atoms. The van der Waals surface area contributed by atoms with Gasteiger partial charge in [-0.2, -0.15) is 0 Å². The molecule has 31 heavy (non-hydrogen) atoms. The SMILES string of the molecule is COc1cccc2cc(C(=O)Nc3cccc(C)n3)c(=Nc3cccc(Cl)c3F)oc12. The number of carbonyl (C=O) groups excluding carboxylic acids is 1. The number of anilines is 1. The number of aromatic nitrogens is 1. The average molecular weight is 438 g/mol. The number of aryl methyl sites for hydroxylation is 1. The van der Waals surface area contributed by atoms with Crippen molar-refractivity contribution >= 4 is 40.0 Å². The van der Waals surface area contributed by atoms with E-state index in [1.165, 1.54) is 19.2 Å². The maximum absolute atomic E-state index is 14.5. The molecule has 4 aromatic rings. The van der Waals surface area contributed by atoms with Crippen molar-refractivity contribution in [3.05, 3.63) is 88.3 Å². The molecule has 8 heteroatoms. The van der Waals surface area contributed by atoms with Crippen LogP contribution in [-0.4, -0.2) is 18.0 Å². The number of pyridine rings is 1. The minimum absolute atomic E-state index is 0.0618. The van der Waals surface area contributed by atoms with Gasteiger partial charge in [-0.25, -0.2) is 14.4 Å². The van der Waals surface area contributed by atoms with Crippen LogP contribution in [0.15, 0.2) is 70.1 Å². The number of ether oxygens (including phenoxy) is 1. The molecular formula is C23H17ClFN3O3. The number of amides is 1. The maximum Gasteiger partial charge on any atom is 0.262 e. The van der Waals surface area contributed by atoms with Crippen molar-refractivity contribution in [2.75, 3.05) is 12.4 Å². The first-order valence-corrected chi connectivity index (χ1v) is 9.68. The lowest BCUT2D eigenvalue weighted by Gasteiger charge is -2.09. The second-order valence-corrected chi connectivity index (χ2v) is 7.05. The van der Waals surface area contributed by atoms with E-state index in [4.69, 9.17) is 20.8 Å². The van der Waals surface area contributed by atoms with Gasteiger partial charge in [-0.3, -0.25) is 4.79 Å². The number of rotatable bonds is 4. The molecule has 0 fully saturated rings. The summed E-state index contributed by atoms with van der Waals surface area (Å²) in [6.07, 6.45) is 0. The van der Waals surface area contributed by atoms with Gasteiger partial charge in [0.2, 0.25) is 5.55 Å². The monoisotopic (exact) mass is 437 g/mol. The minimum Gasteiger partial charge on any atom is -0.493 e. The zero-order chi connectivity index (χ0) is 22.0. The number of benzene rings is 2. The van der Waals surface area contributed by atoms with Gasteiger partial charge in [-0.15, -0.1) is 0 Å². The molecule has 0 bridgehead atoms. The standard InChI is InChI=1S/C23H17ClFN3O3/c1-13-6-3-11-19(26-13)28-22(29)15-12-14-7-4-10-18(30-2)21(14)31-23(15)27-17-9-5-8-16(24)20(17)25/h3-12H,1-2H3,(H,26,28,29). The van der Waals surface area contributed by atoms with E-state index in [1.807, 2.05) is 13.0 Å². The van der Waals surface area contributed by atoms with Gasteiger partial charge < -0.3 is 14.5 Å². The number of para-hydroxylation sites is 1. The van der Waals surface area contributed by atoms with Crippen LogP contribution in [0.4, 0.5) is 15.9 Å². The number of fused-ring (bicyclic) bond motifs is 1. The fraction of sp³-hybridized carbons (Fsp3) is 0.0870. The van der Waals surface area contributed by atoms with E-state index in [-0.39, 0.29) is 21.8 Å². The van der Waals surface area contributed by atoms with Gasteiger partial charge in [-0.05, 0) is 43.3 Å². The van der Waals surface area contributed by atoms with Crippen LogP contribution in [0.25, 0.3) is 11.0 Å². The van der Waals surface area contributed by atoms with Crippen LogP contribution >= 0.6 is 11.6 Å². The van der Waals surface area contributed by atoms with E-state index in [2.05, 4.69) is 15.3 Å². The predicted molar refractivity (Wildman–Crippen MR) is 116 cm³/mol. The second-order valence-electron chi connectivity index (χ2n) is 6.65. The van der Waals surface area contributed by atoms with Crippen molar-refractivity contribution < 1.29 is 18.3 Å². The van der Waals surface area contributed by atoms with Gasteiger partial charge in [0.1, 0.15) is 17.1 Å². The van der Waals surface area contributed by atoms with Gasteiger partial charge in [0, 0.05) is 11.1 Å². The molecule has 0 aliphatic rings. The second kappa shape index (κ2) is 8.57. The summed E-state index contributed by atoms with van der Waals surface area (Å²) in [6, 6.07) is 16.5. The molecule has 2 heterocycles. The minimum atomic E-state index is -0.716. The molecule has 6 nitrogen and oxygen atoms in total. The highest BCUT2D eigenvalue weighted by atomic mass is 35.5. The van der Waals surface area contributed by atoms with Crippen molar-refractivity contribution in [1.82, 2.24) is 4.98 Å². The Bertz CT molecular complexity index is 1370. The highest BCUT2D eigenvalue weighted by Gasteiger charge is 2.16. The Morgan fingerprint density at radius 3 is 2.71 bits per heavy atom. The summed E-state index contributed by atoms with van der Waals surface area (Å²) in [5, 5.41) is 3.25. The van der Waals surface area contributed by atoms with Gasteiger partial charge in [0.05, 0.1) is 12.1 Å². The molecule has 1 N–H and O–H groups in total. The van der Waals surface area contributed by atoms with E-state index in [9.17, 15) is 9.18 Å². The molecule has 156 valence electrons. The molecule has 4 rings (SSSR count). The Morgan fingerprint density at radius 1 is 1.16 bits per heavy atom. The molecule has 1 amide bonds. The zero-order valence-corrected chi connectivity index (χ0v) is 17.4. The number of halogens is 2. The average Bonchev–Trinajstić information content (AvgIpc) is 2.76. The first-order chi connectivity index (χ1) is 15.0. The van der Waals surface area contributed by atoms with Crippen LogP contribution in [0.3, 0.4) is 0 Å². The lowest BCUT2D eigenvalue weighted by atomic mass is 10.1. The Balaban J connectivity index is 1.92. The van der Waals surface area contributed by atoms with Gasteiger partial charge >= 0.3 is 0 Å². The number of carbonyl (C=O) groups is 1. The molecule has 0 aliphatic carbocycles.